The molecule has 0 saturated carbocycles. The third-order valence-electron chi connectivity index (χ3n) is 5.79. The number of hydrogen-bond donors (Lipinski definition) is 6. The molecule has 2 rings (SSSR count). The second-order valence-corrected chi connectivity index (χ2v) is 8.89. The molecule has 1 heterocycles. The van der Waals surface area contributed by atoms with Crippen LogP contribution in [0.5, 0.6) is 5.75 Å². The summed E-state index contributed by atoms with van der Waals surface area (Å²) in [6, 6.07) is 1.28. The number of nitrogens with two attached hydrogens (primary N) is 1. The topological polar surface area (TPSA) is 199 Å². The van der Waals surface area contributed by atoms with Crippen LogP contribution in [-0.2, 0) is 30.4 Å². The van der Waals surface area contributed by atoms with Crippen molar-refractivity contribution in [2.45, 2.75) is 63.7 Å². The molecule has 0 aliphatic carbocycles. The number of nitrogens with one attached hydrogen (secondary N) is 2. The van der Waals surface area contributed by atoms with Gasteiger partial charge in [-0.25, -0.2) is 4.79 Å². The fourth-order valence-corrected chi connectivity index (χ4v) is 3.87. The number of phenolic OH excluding ortho intramolecular Hbond substituents is 1. The second kappa shape index (κ2) is 12.2. The second-order valence-electron chi connectivity index (χ2n) is 8.89. The molecule has 3 amide bonds. The minimum atomic E-state index is -1.40. The summed E-state index contributed by atoms with van der Waals surface area (Å²) in [5.74, 6) is -4.88. The van der Waals surface area contributed by atoms with Crippen LogP contribution < -0.4 is 16.4 Å². The van der Waals surface area contributed by atoms with Crippen molar-refractivity contribution in [2.75, 3.05) is 6.54 Å². The van der Waals surface area contributed by atoms with Gasteiger partial charge in [-0.1, -0.05) is 26.0 Å². The first kappa shape index (κ1) is 27.6. The van der Waals surface area contributed by atoms with Crippen molar-refractivity contribution in [3.05, 3.63) is 29.8 Å². The van der Waals surface area contributed by atoms with E-state index >= 15 is 0 Å². The number of carbonyl (C=O) groups is 5. The van der Waals surface area contributed by atoms with Crippen molar-refractivity contribution < 1.29 is 39.3 Å². The molecule has 0 aromatic heterocycles. The third kappa shape index (κ3) is 7.67. The number of phenols is 1. The molecule has 7 N–H and O–H groups in total. The molecule has 1 fully saturated rings. The lowest BCUT2D eigenvalue weighted by atomic mass is 9.99. The summed E-state index contributed by atoms with van der Waals surface area (Å²) in [5.41, 5.74) is 6.21. The molecule has 0 radical (unpaired) electrons. The first-order valence-electron chi connectivity index (χ1n) is 11.3. The number of aliphatic carboxylic acids is 2. The van der Waals surface area contributed by atoms with E-state index in [0.29, 0.717) is 18.4 Å². The number of aromatic hydroxyl groups is 1. The maximum absolute atomic E-state index is 13.2. The van der Waals surface area contributed by atoms with Gasteiger partial charge >= 0.3 is 11.9 Å². The number of carboxylic acids is 2. The zero-order chi connectivity index (χ0) is 26.3. The van der Waals surface area contributed by atoms with E-state index in [1.165, 1.54) is 17.0 Å². The van der Waals surface area contributed by atoms with Crippen molar-refractivity contribution in [1.82, 2.24) is 15.5 Å². The molecule has 4 atom stereocenters. The number of hydrogen-bond acceptors (Lipinski definition) is 7. The maximum Gasteiger partial charge on any atom is 0.326 e. The van der Waals surface area contributed by atoms with Gasteiger partial charge in [0.15, 0.2) is 0 Å². The standard InChI is InChI=1S/C23H32N4O8/c1-12(2)19(22(33)27-9-3-4-17(27)23(34)35)26-21(32)16(10-13-5-7-14(28)8-6-13)25-20(31)15(24)11-18(29)30/h5-8,12,15-17,19,28H,3-4,9-11,24H2,1-2H3,(H,25,31)(H,26,32)(H,29,30)(H,34,35). The third-order valence-corrected chi connectivity index (χ3v) is 5.79. The van der Waals surface area contributed by atoms with E-state index in [9.17, 15) is 34.2 Å². The Kier molecular flexibility index (Phi) is 9.58. The predicted molar refractivity (Wildman–Crippen MR) is 123 cm³/mol. The molecular weight excluding hydrogens is 460 g/mol. The summed E-state index contributed by atoms with van der Waals surface area (Å²) in [5, 5.41) is 32.9. The zero-order valence-corrected chi connectivity index (χ0v) is 19.6. The molecule has 4 unspecified atom stereocenters. The van der Waals surface area contributed by atoms with Crippen LogP contribution in [0.2, 0.25) is 0 Å². The van der Waals surface area contributed by atoms with Crippen LogP contribution in [0.4, 0.5) is 0 Å². The quantitative estimate of drug-likeness (QED) is 0.234. The van der Waals surface area contributed by atoms with Gasteiger partial charge in [0.2, 0.25) is 17.7 Å². The fourth-order valence-electron chi connectivity index (χ4n) is 3.87. The summed E-state index contributed by atoms with van der Waals surface area (Å²) in [6.45, 7) is 3.66. The molecule has 1 aliphatic heterocycles. The van der Waals surface area contributed by atoms with Crippen molar-refractivity contribution in [1.29, 1.82) is 0 Å². The van der Waals surface area contributed by atoms with Crippen molar-refractivity contribution in [3.8, 4) is 5.75 Å². The fraction of sp³-hybridized carbons (Fsp3) is 0.522. The van der Waals surface area contributed by atoms with E-state index in [1.54, 1.807) is 26.0 Å². The van der Waals surface area contributed by atoms with Crippen LogP contribution in [0, 0.1) is 5.92 Å². The summed E-state index contributed by atoms with van der Waals surface area (Å²) >= 11 is 0. The number of nitrogens with zero attached hydrogens (tertiary/aromatic N) is 1. The highest BCUT2D eigenvalue weighted by Crippen LogP contribution is 2.20. The van der Waals surface area contributed by atoms with E-state index in [-0.39, 0.29) is 24.6 Å². The first-order chi connectivity index (χ1) is 16.4. The van der Waals surface area contributed by atoms with E-state index in [0.717, 1.165) is 0 Å². The van der Waals surface area contributed by atoms with Gasteiger partial charge < -0.3 is 36.6 Å². The molecule has 12 heteroatoms. The number of carbonyl (C=O) groups excluding carboxylic acids is 3. The van der Waals surface area contributed by atoms with Gasteiger partial charge in [-0.15, -0.1) is 0 Å². The lowest BCUT2D eigenvalue weighted by molar-refractivity contribution is -0.150. The molecule has 0 bridgehead atoms. The number of likely N-dealkylation sites (tertiary alicyclic amines) is 1. The number of benzene rings is 1. The number of rotatable bonds is 11. The van der Waals surface area contributed by atoms with Gasteiger partial charge in [-0.3, -0.25) is 19.2 Å². The van der Waals surface area contributed by atoms with E-state index in [1.807, 2.05) is 0 Å². The first-order valence-corrected chi connectivity index (χ1v) is 11.3. The number of carboxylic acid groups (broad SMARTS) is 2. The van der Waals surface area contributed by atoms with Crippen molar-refractivity contribution in [2.24, 2.45) is 11.7 Å². The highest BCUT2D eigenvalue weighted by atomic mass is 16.4. The molecule has 1 aliphatic rings. The van der Waals surface area contributed by atoms with Crippen LogP contribution in [-0.4, -0.2) is 80.6 Å². The summed E-state index contributed by atoms with van der Waals surface area (Å²) in [7, 11) is 0. The molecule has 1 aromatic rings. The molecule has 1 aromatic carbocycles. The molecule has 12 nitrogen and oxygen atoms in total. The number of amides is 3. The molecule has 35 heavy (non-hydrogen) atoms. The highest BCUT2D eigenvalue weighted by molar-refractivity contribution is 5.95. The van der Waals surface area contributed by atoms with Crippen LogP contribution in [0.3, 0.4) is 0 Å². The van der Waals surface area contributed by atoms with Gasteiger partial charge in [0.25, 0.3) is 0 Å². The summed E-state index contributed by atoms with van der Waals surface area (Å²) < 4.78 is 0. The van der Waals surface area contributed by atoms with Gasteiger partial charge in [-0.05, 0) is 36.5 Å². The van der Waals surface area contributed by atoms with E-state index in [4.69, 9.17) is 10.8 Å². The SMILES string of the molecule is CC(C)C(NC(=O)C(Cc1ccc(O)cc1)NC(=O)C(N)CC(=O)O)C(=O)N1CCCC1C(=O)O. The van der Waals surface area contributed by atoms with E-state index < -0.39 is 60.2 Å². The van der Waals surface area contributed by atoms with E-state index in [2.05, 4.69) is 10.6 Å². The van der Waals surface area contributed by atoms with Crippen molar-refractivity contribution in [3.63, 3.8) is 0 Å². The molecular formula is C23H32N4O8. The van der Waals surface area contributed by atoms with Crippen LogP contribution >= 0.6 is 0 Å². The van der Waals surface area contributed by atoms with Gasteiger partial charge in [-0.2, -0.15) is 0 Å². The smallest absolute Gasteiger partial charge is 0.326 e. The molecule has 0 spiro atoms. The molecule has 1 saturated heterocycles. The zero-order valence-electron chi connectivity index (χ0n) is 19.6. The average Bonchev–Trinajstić information content (AvgIpc) is 3.27. The Morgan fingerprint density at radius 2 is 1.69 bits per heavy atom. The van der Waals surface area contributed by atoms with Crippen LogP contribution in [0.1, 0.15) is 38.7 Å². The Balaban J connectivity index is 2.24. The highest BCUT2D eigenvalue weighted by Gasteiger charge is 2.39. The maximum atomic E-state index is 13.2. The van der Waals surface area contributed by atoms with Crippen LogP contribution in [0.15, 0.2) is 24.3 Å². The van der Waals surface area contributed by atoms with Gasteiger partial charge in [0.05, 0.1) is 12.5 Å². The van der Waals surface area contributed by atoms with Gasteiger partial charge in [0, 0.05) is 13.0 Å². The Morgan fingerprint density at radius 3 is 2.23 bits per heavy atom. The summed E-state index contributed by atoms with van der Waals surface area (Å²) in [6.07, 6.45) is 0.180. The lowest BCUT2D eigenvalue weighted by Gasteiger charge is -2.30. The van der Waals surface area contributed by atoms with Crippen LogP contribution in [0.25, 0.3) is 0 Å². The lowest BCUT2D eigenvalue weighted by Crippen LogP contribution is -2.59. The van der Waals surface area contributed by atoms with Crippen molar-refractivity contribution >= 4 is 29.7 Å². The Morgan fingerprint density at radius 1 is 1.06 bits per heavy atom. The Hall–Kier alpha value is -3.67. The minimum absolute atomic E-state index is 0.00586. The monoisotopic (exact) mass is 492 g/mol. The normalized spacial score (nSPS) is 17.9. The van der Waals surface area contributed by atoms with Gasteiger partial charge in [0.1, 0.15) is 23.9 Å². The average molecular weight is 493 g/mol. The minimum Gasteiger partial charge on any atom is -0.508 e. The Labute approximate surface area is 202 Å². The molecule has 192 valence electrons. The predicted octanol–water partition coefficient (Wildman–Crippen LogP) is -0.562. The summed E-state index contributed by atoms with van der Waals surface area (Å²) in [4.78, 5) is 62.5. The Bertz CT molecular complexity index is 949. The largest absolute Gasteiger partial charge is 0.508 e.